The largest absolute Gasteiger partial charge is 0.494 e. The number of carbonyl (C=O) groups excluding carboxylic acids is 1. The van der Waals surface area contributed by atoms with E-state index in [0.29, 0.717) is 17.1 Å². The Morgan fingerprint density at radius 3 is 2.64 bits per heavy atom. The molecular formula is C10H14N2O2. The standard InChI is InChI=1S/C10H14N2O2/c1-7(13)12(2)9-5-4-8(11)6-10(9)14-3/h4-6H,11H2,1-3H3. The second kappa shape index (κ2) is 4.00. The van der Waals surface area contributed by atoms with Gasteiger partial charge in [0.1, 0.15) is 5.75 Å². The van der Waals surface area contributed by atoms with Gasteiger partial charge in [-0.3, -0.25) is 4.79 Å². The van der Waals surface area contributed by atoms with Crippen LogP contribution in [0.3, 0.4) is 0 Å². The fourth-order valence-electron chi connectivity index (χ4n) is 1.14. The number of nitrogen functional groups attached to an aromatic ring is 1. The molecule has 0 aliphatic rings. The maximum absolute atomic E-state index is 11.1. The number of ether oxygens (including phenoxy) is 1. The second-order valence-electron chi connectivity index (χ2n) is 3.01. The van der Waals surface area contributed by atoms with E-state index in [1.54, 1.807) is 32.4 Å². The predicted molar refractivity (Wildman–Crippen MR) is 56.5 cm³/mol. The minimum atomic E-state index is -0.0481. The highest BCUT2D eigenvalue weighted by molar-refractivity contribution is 5.92. The average molecular weight is 194 g/mol. The molecule has 1 rings (SSSR count). The first-order chi connectivity index (χ1) is 6.56. The van der Waals surface area contributed by atoms with Crippen molar-refractivity contribution in [3.63, 3.8) is 0 Å². The Bertz CT molecular complexity index is 350. The number of amides is 1. The fourth-order valence-corrected chi connectivity index (χ4v) is 1.14. The Morgan fingerprint density at radius 1 is 1.50 bits per heavy atom. The van der Waals surface area contributed by atoms with E-state index in [4.69, 9.17) is 10.5 Å². The molecule has 4 heteroatoms. The molecule has 14 heavy (non-hydrogen) atoms. The molecule has 0 heterocycles. The zero-order chi connectivity index (χ0) is 10.7. The van der Waals surface area contributed by atoms with Crippen LogP contribution in [0.25, 0.3) is 0 Å². The summed E-state index contributed by atoms with van der Waals surface area (Å²) in [4.78, 5) is 12.6. The van der Waals surface area contributed by atoms with Crippen LogP contribution in [0.2, 0.25) is 0 Å². The highest BCUT2D eigenvalue weighted by Crippen LogP contribution is 2.29. The van der Waals surface area contributed by atoms with Crippen LogP contribution in [0.5, 0.6) is 5.75 Å². The summed E-state index contributed by atoms with van der Waals surface area (Å²) in [7, 11) is 3.24. The maximum atomic E-state index is 11.1. The van der Waals surface area contributed by atoms with Gasteiger partial charge in [-0.25, -0.2) is 0 Å². The maximum Gasteiger partial charge on any atom is 0.223 e. The van der Waals surface area contributed by atoms with Crippen LogP contribution in [-0.4, -0.2) is 20.1 Å². The van der Waals surface area contributed by atoms with Crippen LogP contribution >= 0.6 is 0 Å². The van der Waals surface area contributed by atoms with Gasteiger partial charge in [-0.2, -0.15) is 0 Å². The molecule has 1 amide bonds. The van der Waals surface area contributed by atoms with E-state index in [1.807, 2.05) is 0 Å². The molecule has 0 fully saturated rings. The summed E-state index contributed by atoms with van der Waals surface area (Å²) in [5, 5.41) is 0. The minimum Gasteiger partial charge on any atom is -0.494 e. The van der Waals surface area contributed by atoms with Crippen LogP contribution in [0.15, 0.2) is 18.2 Å². The van der Waals surface area contributed by atoms with Crippen molar-refractivity contribution in [2.24, 2.45) is 0 Å². The zero-order valence-electron chi connectivity index (χ0n) is 8.57. The Labute approximate surface area is 83.3 Å². The highest BCUT2D eigenvalue weighted by atomic mass is 16.5. The van der Waals surface area contributed by atoms with E-state index < -0.39 is 0 Å². The van der Waals surface area contributed by atoms with E-state index in [-0.39, 0.29) is 5.91 Å². The summed E-state index contributed by atoms with van der Waals surface area (Å²) in [5.74, 6) is 0.552. The van der Waals surface area contributed by atoms with Gasteiger partial charge in [0, 0.05) is 25.7 Å². The van der Waals surface area contributed by atoms with Crippen molar-refractivity contribution in [3.8, 4) is 5.75 Å². The molecule has 0 bridgehead atoms. The van der Waals surface area contributed by atoms with Crippen molar-refractivity contribution in [1.29, 1.82) is 0 Å². The molecule has 1 aromatic rings. The summed E-state index contributed by atoms with van der Waals surface area (Å²) in [5.41, 5.74) is 6.93. The van der Waals surface area contributed by atoms with E-state index in [1.165, 1.54) is 11.8 Å². The van der Waals surface area contributed by atoms with Gasteiger partial charge in [0.05, 0.1) is 12.8 Å². The molecule has 0 aliphatic carbocycles. The first-order valence-electron chi connectivity index (χ1n) is 4.24. The number of benzene rings is 1. The normalized spacial score (nSPS) is 9.64. The Kier molecular flexibility index (Phi) is 2.96. The number of hydrogen-bond donors (Lipinski definition) is 1. The smallest absolute Gasteiger partial charge is 0.223 e. The van der Waals surface area contributed by atoms with Crippen molar-refractivity contribution in [3.05, 3.63) is 18.2 Å². The molecule has 0 aromatic heterocycles. The molecule has 0 saturated carbocycles. The first kappa shape index (κ1) is 10.4. The first-order valence-corrected chi connectivity index (χ1v) is 4.24. The Hall–Kier alpha value is -1.71. The molecule has 1 aromatic carbocycles. The SMILES string of the molecule is COc1cc(N)ccc1N(C)C(C)=O. The van der Waals surface area contributed by atoms with Crippen molar-refractivity contribution in [1.82, 2.24) is 0 Å². The lowest BCUT2D eigenvalue weighted by molar-refractivity contribution is -0.116. The van der Waals surface area contributed by atoms with Crippen LogP contribution in [0, 0.1) is 0 Å². The number of carbonyl (C=O) groups is 1. The van der Waals surface area contributed by atoms with E-state index in [2.05, 4.69) is 0 Å². The molecule has 0 unspecified atom stereocenters. The molecule has 0 atom stereocenters. The van der Waals surface area contributed by atoms with Gasteiger partial charge in [0.2, 0.25) is 5.91 Å². The topological polar surface area (TPSA) is 55.6 Å². The molecule has 0 saturated heterocycles. The number of methoxy groups -OCH3 is 1. The molecule has 0 spiro atoms. The van der Waals surface area contributed by atoms with Crippen LogP contribution in [0.4, 0.5) is 11.4 Å². The lowest BCUT2D eigenvalue weighted by atomic mass is 10.2. The lowest BCUT2D eigenvalue weighted by Crippen LogP contribution is -2.23. The van der Waals surface area contributed by atoms with Gasteiger partial charge in [-0.1, -0.05) is 0 Å². The van der Waals surface area contributed by atoms with Gasteiger partial charge in [-0.15, -0.1) is 0 Å². The van der Waals surface area contributed by atoms with Crippen molar-refractivity contribution in [2.45, 2.75) is 6.92 Å². The van der Waals surface area contributed by atoms with Gasteiger partial charge in [0.25, 0.3) is 0 Å². The molecule has 0 radical (unpaired) electrons. The van der Waals surface area contributed by atoms with Gasteiger partial charge in [0.15, 0.2) is 0 Å². The minimum absolute atomic E-state index is 0.0481. The number of nitrogens with zero attached hydrogens (tertiary/aromatic N) is 1. The van der Waals surface area contributed by atoms with Gasteiger partial charge < -0.3 is 15.4 Å². The molecule has 4 nitrogen and oxygen atoms in total. The zero-order valence-corrected chi connectivity index (χ0v) is 8.57. The third-order valence-electron chi connectivity index (χ3n) is 2.04. The predicted octanol–water partition coefficient (Wildman–Crippen LogP) is 1.26. The number of hydrogen-bond acceptors (Lipinski definition) is 3. The second-order valence-corrected chi connectivity index (χ2v) is 3.01. The number of nitrogens with two attached hydrogens (primary N) is 1. The van der Waals surface area contributed by atoms with E-state index in [0.717, 1.165) is 0 Å². The van der Waals surface area contributed by atoms with E-state index in [9.17, 15) is 4.79 Å². The van der Waals surface area contributed by atoms with Gasteiger partial charge >= 0.3 is 0 Å². The van der Waals surface area contributed by atoms with E-state index >= 15 is 0 Å². The fraction of sp³-hybridized carbons (Fsp3) is 0.300. The Morgan fingerprint density at radius 2 is 2.14 bits per heavy atom. The van der Waals surface area contributed by atoms with Crippen molar-refractivity contribution in [2.75, 3.05) is 24.8 Å². The average Bonchev–Trinajstić information content (AvgIpc) is 2.16. The third-order valence-corrected chi connectivity index (χ3v) is 2.04. The molecule has 76 valence electrons. The summed E-state index contributed by atoms with van der Waals surface area (Å²) in [6.07, 6.45) is 0. The van der Waals surface area contributed by atoms with Crippen molar-refractivity contribution >= 4 is 17.3 Å². The van der Waals surface area contributed by atoms with Crippen LogP contribution in [-0.2, 0) is 4.79 Å². The van der Waals surface area contributed by atoms with Crippen molar-refractivity contribution < 1.29 is 9.53 Å². The highest BCUT2D eigenvalue weighted by Gasteiger charge is 2.11. The quantitative estimate of drug-likeness (QED) is 0.721. The number of anilines is 2. The third kappa shape index (κ3) is 1.96. The molecule has 2 N–H and O–H groups in total. The molecule has 0 aliphatic heterocycles. The number of rotatable bonds is 2. The molecular weight excluding hydrogens is 180 g/mol. The summed E-state index contributed by atoms with van der Waals surface area (Å²) in [6, 6.07) is 5.18. The summed E-state index contributed by atoms with van der Waals surface area (Å²) >= 11 is 0. The monoisotopic (exact) mass is 194 g/mol. The van der Waals surface area contributed by atoms with Gasteiger partial charge in [-0.05, 0) is 12.1 Å². The summed E-state index contributed by atoms with van der Waals surface area (Å²) < 4.78 is 5.12. The van der Waals surface area contributed by atoms with Crippen LogP contribution in [0.1, 0.15) is 6.92 Å². The Balaban J connectivity index is 3.13. The summed E-state index contributed by atoms with van der Waals surface area (Å²) in [6.45, 7) is 1.50. The lowest BCUT2D eigenvalue weighted by Gasteiger charge is -2.18. The van der Waals surface area contributed by atoms with Crippen LogP contribution < -0.4 is 15.4 Å².